The highest BCUT2D eigenvalue weighted by atomic mass is 35.5. The van der Waals surface area contributed by atoms with Crippen molar-refractivity contribution in [1.82, 2.24) is 4.98 Å². The Bertz CT molecular complexity index is 724. The molecule has 1 aromatic carbocycles. The van der Waals surface area contributed by atoms with Crippen LogP contribution in [-0.2, 0) is 11.2 Å². The highest BCUT2D eigenvalue weighted by molar-refractivity contribution is 6.30. The molecule has 4 nitrogen and oxygen atoms in total. The molecule has 0 radical (unpaired) electrons. The van der Waals surface area contributed by atoms with Crippen molar-refractivity contribution in [2.45, 2.75) is 39.0 Å². The van der Waals surface area contributed by atoms with Crippen molar-refractivity contribution in [2.75, 3.05) is 23.3 Å². The number of hydrogen-bond acceptors (Lipinski definition) is 3. The average Bonchev–Trinajstić information content (AvgIpc) is 3.13. The van der Waals surface area contributed by atoms with Crippen molar-refractivity contribution in [3.63, 3.8) is 0 Å². The molecule has 1 aliphatic heterocycles. The van der Waals surface area contributed by atoms with E-state index in [1.807, 2.05) is 43.3 Å². The van der Waals surface area contributed by atoms with Crippen molar-refractivity contribution < 1.29 is 4.79 Å². The molecule has 0 bridgehead atoms. The summed E-state index contributed by atoms with van der Waals surface area (Å²) in [5, 5.41) is 3.72. The zero-order valence-corrected chi connectivity index (χ0v) is 15.4. The lowest BCUT2D eigenvalue weighted by Gasteiger charge is -2.18. The maximum absolute atomic E-state index is 12.2. The van der Waals surface area contributed by atoms with Gasteiger partial charge >= 0.3 is 0 Å². The average molecular weight is 358 g/mol. The van der Waals surface area contributed by atoms with E-state index < -0.39 is 0 Å². The number of nitrogens with zero attached hydrogens (tertiary/aromatic N) is 2. The highest BCUT2D eigenvalue weighted by Crippen LogP contribution is 2.22. The van der Waals surface area contributed by atoms with Crippen molar-refractivity contribution in [1.29, 1.82) is 0 Å². The van der Waals surface area contributed by atoms with Gasteiger partial charge in [0.15, 0.2) is 0 Å². The van der Waals surface area contributed by atoms with Gasteiger partial charge in [0.05, 0.1) is 11.4 Å². The number of carbonyl (C=O) groups excluding carboxylic acids is 1. The molecule has 1 fully saturated rings. The van der Waals surface area contributed by atoms with Gasteiger partial charge in [-0.05, 0) is 62.4 Å². The summed E-state index contributed by atoms with van der Waals surface area (Å²) in [5.41, 5.74) is 2.87. The minimum atomic E-state index is 0.0350. The number of carbonyl (C=O) groups is 1. The number of hydrogen-bond donors (Lipinski definition) is 1. The van der Waals surface area contributed by atoms with Crippen molar-refractivity contribution in [3.05, 3.63) is 52.7 Å². The summed E-state index contributed by atoms with van der Waals surface area (Å²) in [6.45, 7) is 4.09. The number of nitrogens with one attached hydrogen (secondary N) is 1. The largest absolute Gasteiger partial charge is 0.357 e. The molecule has 1 N–H and O–H groups in total. The van der Waals surface area contributed by atoms with Crippen molar-refractivity contribution in [3.8, 4) is 0 Å². The van der Waals surface area contributed by atoms with Crippen LogP contribution in [0.5, 0.6) is 0 Å². The Labute approximate surface area is 154 Å². The van der Waals surface area contributed by atoms with Crippen LogP contribution >= 0.6 is 11.6 Å². The molecule has 0 spiro atoms. The Morgan fingerprint density at radius 3 is 2.56 bits per heavy atom. The van der Waals surface area contributed by atoms with Crippen LogP contribution in [0.1, 0.15) is 36.9 Å². The lowest BCUT2D eigenvalue weighted by Crippen LogP contribution is -2.20. The van der Waals surface area contributed by atoms with E-state index in [2.05, 4.69) is 15.2 Å². The van der Waals surface area contributed by atoms with Crippen LogP contribution in [0.2, 0.25) is 5.02 Å². The van der Waals surface area contributed by atoms with Gasteiger partial charge in [0.1, 0.15) is 5.82 Å². The quantitative estimate of drug-likeness (QED) is 0.821. The second-order valence-corrected chi connectivity index (χ2v) is 6.96. The minimum absolute atomic E-state index is 0.0350. The molecule has 1 aliphatic rings. The Balaban J connectivity index is 1.49. The van der Waals surface area contributed by atoms with Gasteiger partial charge in [-0.2, -0.15) is 0 Å². The van der Waals surface area contributed by atoms with E-state index >= 15 is 0 Å². The van der Waals surface area contributed by atoms with Crippen LogP contribution in [0.4, 0.5) is 11.5 Å². The number of aryl methyl sites for hydroxylation is 2. The Morgan fingerprint density at radius 2 is 1.88 bits per heavy atom. The van der Waals surface area contributed by atoms with Crippen molar-refractivity contribution >= 4 is 29.0 Å². The number of anilines is 2. The third-order valence-corrected chi connectivity index (χ3v) is 4.81. The molecule has 1 saturated heterocycles. The lowest BCUT2D eigenvalue weighted by molar-refractivity contribution is -0.116. The summed E-state index contributed by atoms with van der Waals surface area (Å²) in [6, 6.07) is 11.7. The fraction of sp³-hybridized carbons (Fsp3) is 0.400. The van der Waals surface area contributed by atoms with Gasteiger partial charge in [-0.15, -0.1) is 0 Å². The molecule has 0 saturated carbocycles. The topological polar surface area (TPSA) is 45.2 Å². The summed E-state index contributed by atoms with van der Waals surface area (Å²) >= 11 is 5.88. The second-order valence-electron chi connectivity index (χ2n) is 6.52. The van der Waals surface area contributed by atoms with Crippen LogP contribution in [0.25, 0.3) is 0 Å². The van der Waals surface area contributed by atoms with E-state index in [0.717, 1.165) is 48.2 Å². The normalized spacial score (nSPS) is 13.9. The first-order valence-electron chi connectivity index (χ1n) is 8.89. The molecule has 132 valence electrons. The summed E-state index contributed by atoms with van der Waals surface area (Å²) < 4.78 is 0. The van der Waals surface area contributed by atoms with E-state index in [0.29, 0.717) is 6.42 Å². The van der Waals surface area contributed by atoms with Crippen molar-refractivity contribution in [2.24, 2.45) is 0 Å². The first-order chi connectivity index (χ1) is 12.1. The van der Waals surface area contributed by atoms with Crippen LogP contribution in [-0.4, -0.2) is 24.0 Å². The second kappa shape index (κ2) is 8.34. The van der Waals surface area contributed by atoms with Gasteiger partial charge in [-0.1, -0.05) is 23.7 Å². The van der Waals surface area contributed by atoms with E-state index in [-0.39, 0.29) is 5.91 Å². The van der Waals surface area contributed by atoms with Crippen LogP contribution in [0.3, 0.4) is 0 Å². The Hall–Kier alpha value is -2.07. The number of aromatic nitrogens is 1. The van der Waals surface area contributed by atoms with Crippen LogP contribution in [0.15, 0.2) is 36.4 Å². The zero-order chi connectivity index (χ0) is 17.6. The number of amides is 1. The summed E-state index contributed by atoms with van der Waals surface area (Å²) in [6.07, 6.45) is 4.64. The van der Waals surface area contributed by atoms with E-state index in [1.54, 1.807) is 0 Å². The number of rotatable bonds is 6. The van der Waals surface area contributed by atoms with Gasteiger partial charge in [0.25, 0.3) is 0 Å². The summed E-state index contributed by atoms with van der Waals surface area (Å²) in [7, 11) is 0. The third kappa shape index (κ3) is 4.95. The molecule has 25 heavy (non-hydrogen) atoms. The van der Waals surface area contributed by atoms with E-state index in [9.17, 15) is 4.79 Å². The Kier molecular flexibility index (Phi) is 5.92. The van der Waals surface area contributed by atoms with Crippen LogP contribution < -0.4 is 10.2 Å². The predicted molar refractivity (Wildman–Crippen MR) is 103 cm³/mol. The van der Waals surface area contributed by atoms with Gasteiger partial charge in [0, 0.05) is 24.5 Å². The molecule has 0 unspecified atom stereocenters. The first kappa shape index (κ1) is 17.7. The van der Waals surface area contributed by atoms with Crippen LogP contribution in [0, 0.1) is 6.92 Å². The lowest BCUT2D eigenvalue weighted by atomic mass is 10.1. The van der Waals surface area contributed by atoms with Gasteiger partial charge in [-0.25, -0.2) is 4.98 Å². The summed E-state index contributed by atoms with van der Waals surface area (Å²) in [5.74, 6) is 1.04. The molecule has 0 atom stereocenters. The molecule has 1 amide bonds. The molecule has 5 heteroatoms. The van der Waals surface area contributed by atoms with E-state index in [4.69, 9.17) is 11.6 Å². The Morgan fingerprint density at radius 1 is 1.16 bits per heavy atom. The maximum Gasteiger partial charge on any atom is 0.224 e. The fourth-order valence-corrected chi connectivity index (χ4v) is 3.25. The standard InChI is InChI=1S/C20H24ClN3O/c1-15-18(11-12-19(22-15)24-13-2-3-14-24)23-20(25)6-4-5-16-7-9-17(21)10-8-16/h7-12H,2-6,13-14H2,1H3,(H,23,25). The molecular formula is C20H24ClN3O. The monoisotopic (exact) mass is 357 g/mol. The van der Waals surface area contributed by atoms with Gasteiger partial charge in [-0.3, -0.25) is 4.79 Å². The fourth-order valence-electron chi connectivity index (χ4n) is 3.12. The predicted octanol–water partition coefficient (Wildman–Crippen LogP) is 4.61. The minimum Gasteiger partial charge on any atom is -0.357 e. The molecule has 0 aliphatic carbocycles. The number of pyridine rings is 1. The summed E-state index contributed by atoms with van der Waals surface area (Å²) in [4.78, 5) is 19.1. The van der Waals surface area contributed by atoms with E-state index in [1.165, 1.54) is 18.4 Å². The molecular weight excluding hydrogens is 334 g/mol. The first-order valence-corrected chi connectivity index (χ1v) is 9.26. The third-order valence-electron chi connectivity index (χ3n) is 4.56. The highest BCUT2D eigenvalue weighted by Gasteiger charge is 2.14. The van der Waals surface area contributed by atoms with Gasteiger partial charge in [0.2, 0.25) is 5.91 Å². The molecule has 2 heterocycles. The smallest absolute Gasteiger partial charge is 0.224 e. The molecule has 1 aromatic heterocycles. The number of halogens is 1. The molecule has 3 rings (SSSR count). The molecule has 2 aromatic rings. The SMILES string of the molecule is Cc1nc(N2CCCC2)ccc1NC(=O)CCCc1ccc(Cl)cc1. The van der Waals surface area contributed by atoms with Gasteiger partial charge < -0.3 is 10.2 Å². The maximum atomic E-state index is 12.2. The zero-order valence-electron chi connectivity index (χ0n) is 14.6. The number of benzene rings is 1.